The minimum absolute atomic E-state index is 0.162. The Morgan fingerprint density at radius 3 is 2.18 bits per heavy atom. The predicted octanol–water partition coefficient (Wildman–Crippen LogP) is 5.76. The van der Waals surface area contributed by atoms with E-state index < -0.39 is 44.8 Å². The molecule has 1 N–H and O–H groups in total. The number of halogens is 3. The quantitative estimate of drug-likeness (QED) is 0.385. The van der Waals surface area contributed by atoms with Gasteiger partial charge in [-0.15, -0.1) is 0 Å². The number of ether oxygens (including phenoxy) is 2. The van der Waals surface area contributed by atoms with E-state index in [1.54, 1.807) is 34.6 Å². The zero-order chi connectivity index (χ0) is 25.8. The fraction of sp³-hybridized carbons (Fsp3) is 0.783. The summed E-state index contributed by atoms with van der Waals surface area (Å²) < 4.78 is 9.33. The predicted molar refractivity (Wildman–Crippen MR) is 131 cm³/mol. The van der Waals surface area contributed by atoms with Gasteiger partial charge >= 0.3 is 6.09 Å². The maximum atomic E-state index is 14.1. The second-order valence-electron chi connectivity index (χ2n) is 9.92. The molecule has 3 amide bonds. The number of hydrogen-bond acceptors (Lipinski definition) is 5. The minimum Gasteiger partial charge on any atom is -0.499 e. The molecule has 0 spiro atoms. The van der Waals surface area contributed by atoms with Crippen molar-refractivity contribution in [1.29, 1.82) is 0 Å². The fourth-order valence-electron chi connectivity index (χ4n) is 3.98. The number of nitrogens with one attached hydrogen (secondary N) is 1. The van der Waals surface area contributed by atoms with Crippen molar-refractivity contribution in [2.45, 2.75) is 95.1 Å². The molecule has 0 bridgehead atoms. The fourth-order valence-corrected chi connectivity index (χ4v) is 4.30. The number of nitrogens with zero attached hydrogens (tertiary/aromatic N) is 1. The van der Waals surface area contributed by atoms with Crippen molar-refractivity contribution in [1.82, 2.24) is 10.2 Å². The third-order valence-electron chi connectivity index (χ3n) is 5.66. The van der Waals surface area contributed by atoms with Crippen LogP contribution in [0, 0.1) is 11.8 Å². The lowest BCUT2D eigenvalue weighted by molar-refractivity contribution is -0.150. The van der Waals surface area contributed by atoms with Crippen molar-refractivity contribution in [3.8, 4) is 0 Å². The summed E-state index contributed by atoms with van der Waals surface area (Å²) in [5.41, 5.74) is -2.23. The number of alkyl carbamates (subject to hydrolysis) is 1. The van der Waals surface area contributed by atoms with Gasteiger partial charge in [0.2, 0.25) is 0 Å². The van der Waals surface area contributed by atoms with Crippen LogP contribution in [0.25, 0.3) is 0 Å². The lowest BCUT2D eigenvalue weighted by atomic mass is 9.78. The Labute approximate surface area is 212 Å². The highest BCUT2D eigenvalue weighted by Gasteiger charge is 2.51. The number of amides is 3. The van der Waals surface area contributed by atoms with Gasteiger partial charge in [-0.25, -0.2) is 4.79 Å². The van der Waals surface area contributed by atoms with Crippen LogP contribution in [0.1, 0.15) is 74.1 Å². The van der Waals surface area contributed by atoms with E-state index in [-0.39, 0.29) is 18.8 Å². The zero-order valence-corrected chi connectivity index (χ0v) is 23.0. The Hall–Kier alpha value is -1.18. The zero-order valence-electron chi connectivity index (χ0n) is 20.8. The third kappa shape index (κ3) is 8.22. The average Bonchev–Trinajstić information content (AvgIpc) is 2.95. The molecule has 0 radical (unpaired) electrons. The monoisotopic (exact) mass is 526 g/mol. The molecule has 1 aliphatic rings. The summed E-state index contributed by atoms with van der Waals surface area (Å²) in [7, 11) is 1.47. The van der Waals surface area contributed by atoms with Gasteiger partial charge in [-0.3, -0.25) is 14.5 Å². The van der Waals surface area contributed by atoms with Crippen LogP contribution in [0.3, 0.4) is 0 Å². The summed E-state index contributed by atoms with van der Waals surface area (Å²) in [5.74, 6) is -0.895. The largest absolute Gasteiger partial charge is 0.499 e. The Balaban J connectivity index is 3.44. The van der Waals surface area contributed by atoms with Crippen LogP contribution in [0.5, 0.6) is 0 Å². The minimum atomic E-state index is -1.52. The molecule has 33 heavy (non-hydrogen) atoms. The van der Waals surface area contributed by atoms with Gasteiger partial charge in [0.05, 0.1) is 13.2 Å². The van der Waals surface area contributed by atoms with Gasteiger partial charge in [-0.1, -0.05) is 62.5 Å². The molecule has 0 saturated heterocycles. The van der Waals surface area contributed by atoms with Crippen LogP contribution < -0.4 is 5.32 Å². The van der Waals surface area contributed by atoms with Gasteiger partial charge in [0.25, 0.3) is 11.8 Å². The summed E-state index contributed by atoms with van der Waals surface area (Å²) >= 11 is 17.9. The second kappa shape index (κ2) is 11.5. The molecule has 0 aromatic rings. The van der Waals surface area contributed by atoms with Crippen LogP contribution in [0.4, 0.5) is 4.79 Å². The third-order valence-corrected chi connectivity index (χ3v) is 6.22. The molecule has 3 unspecified atom stereocenters. The molecule has 7 nitrogen and oxygen atoms in total. The first-order valence-electron chi connectivity index (χ1n) is 11.2. The number of rotatable bonds is 9. The van der Waals surface area contributed by atoms with E-state index in [0.717, 1.165) is 0 Å². The Morgan fingerprint density at radius 2 is 1.76 bits per heavy atom. The van der Waals surface area contributed by atoms with Crippen LogP contribution >= 0.6 is 34.8 Å². The Bertz CT molecular complexity index is 758. The first-order chi connectivity index (χ1) is 15.0. The van der Waals surface area contributed by atoms with Crippen molar-refractivity contribution in [3.05, 3.63) is 11.8 Å². The molecule has 0 fully saturated rings. The second-order valence-corrected chi connectivity index (χ2v) is 12.4. The smallest absolute Gasteiger partial charge is 0.408 e. The van der Waals surface area contributed by atoms with E-state index >= 15 is 0 Å². The summed E-state index contributed by atoms with van der Waals surface area (Å²) in [5, 5.41) is 2.78. The summed E-state index contributed by atoms with van der Waals surface area (Å²) in [6.45, 7) is 12.7. The highest BCUT2D eigenvalue weighted by molar-refractivity contribution is 6.67. The van der Waals surface area contributed by atoms with Gasteiger partial charge in [0.15, 0.2) is 3.79 Å². The molecule has 0 aliphatic carbocycles. The van der Waals surface area contributed by atoms with Gasteiger partial charge in [0.1, 0.15) is 16.9 Å². The summed E-state index contributed by atoms with van der Waals surface area (Å²) in [6, 6.07) is -0.568. The van der Waals surface area contributed by atoms with Crippen molar-refractivity contribution in [3.63, 3.8) is 0 Å². The number of methoxy groups -OCH3 is 1. The Morgan fingerprint density at radius 1 is 1.18 bits per heavy atom. The van der Waals surface area contributed by atoms with Crippen molar-refractivity contribution in [2.24, 2.45) is 11.8 Å². The van der Waals surface area contributed by atoms with E-state index in [4.69, 9.17) is 44.3 Å². The van der Waals surface area contributed by atoms with Crippen molar-refractivity contribution in [2.75, 3.05) is 7.11 Å². The molecule has 10 heteroatoms. The molecule has 1 aliphatic heterocycles. The molecule has 190 valence electrons. The van der Waals surface area contributed by atoms with Gasteiger partial charge in [-0.05, 0) is 58.3 Å². The molecule has 1 rings (SSSR count). The number of carbonyl (C=O) groups excluding carboxylic acids is 3. The molecule has 0 aromatic heterocycles. The first kappa shape index (κ1) is 29.9. The Kier molecular flexibility index (Phi) is 10.4. The molecule has 1 heterocycles. The lowest BCUT2D eigenvalue weighted by Crippen LogP contribution is -2.65. The van der Waals surface area contributed by atoms with Gasteiger partial charge < -0.3 is 14.8 Å². The molecule has 3 atom stereocenters. The van der Waals surface area contributed by atoms with E-state index in [1.165, 1.54) is 18.1 Å². The van der Waals surface area contributed by atoms with Crippen molar-refractivity contribution >= 4 is 52.7 Å². The molecular formula is C23H37Cl3N2O5. The van der Waals surface area contributed by atoms with E-state index in [0.29, 0.717) is 18.6 Å². The maximum absolute atomic E-state index is 14.1. The first-order valence-corrected chi connectivity index (χ1v) is 12.3. The average molecular weight is 528 g/mol. The number of imide groups is 1. The van der Waals surface area contributed by atoms with Crippen molar-refractivity contribution < 1.29 is 23.9 Å². The number of alkyl halides is 3. The van der Waals surface area contributed by atoms with E-state index in [2.05, 4.69) is 5.32 Å². The maximum Gasteiger partial charge on any atom is 0.408 e. The highest BCUT2D eigenvalue weighted by Crippen LogP contribution is 2.38. The summed E-state index contributed by atoms with van der Waals surface area (Å²) in [6.07, 6.45) is 1.76. The van der Waals surface area contributed by atoms with E-state index in [1.807, 2.05) is 13.8 Å². The SMILES string of the molecule is CCC(NC(=O)OC(C)(C)C)(C(=O)N1C(=O)C=C(OC)C1CC(C)C)C(C)CCC(Cl)(Cl)Cl. The van der Waals surface area contributed by atoms with Crippen LogP contribution in [-0.2, 0) is 19.1 Å². The lowest BCUT2D eigenvalue weighted by Gasteiger charge is -2.42. The number of hydrogen-bond donors (Lipinski definition) is 1. The molecule has 0 aromatic carbocycles. The van der Waals surface area contributed by atoms with Crippen LogP contribution in [-0.4, -0.2) is 50.9 Å². The molecular weight excluding hydrogens is 491 g/mol. The van der Waals surface area contributed by atoms with Crippen LogP contribution in [0.2, 0.25) is 0 Å². The summed E-state index contributed by atoms with van der Waals surface area (Å²) in [4.78, 5) is 41.0. The molecule has 0 saturated carbocycles. The van der Waals surface area contributed by atoms with Crippen LogP contribution in [0.15, 0.2) is 11.8 Å². The van der Waals surface area contributed by atoms with E-state index in [9.17, 15) is 14.4 Å². The topological polar surface area (TPSA) is 84.9 Å². The number of carbonyl (C=O) groups is 3. The van der Waals surface area contributed by atoms with Gasteiger partial charge in [0, 0.05) is 6.08 Å². The standard InChI is InChI=1S/C23H37Cl3N2O5/c1-9-22(15(4)10-11-23(24,25)26,27-20(31)33-21(5,6)7)19(30)28-16(12-14(2)3)17(32-8)13-18(28)29/h13-16H,9-12H2,1-8H3,(H,27,31). The normalized spacial score (nSPS) is 19.8. The van der Waals surface area contributed by atoms with Gasteiger partial charge in [-0.2, -0.15) is 0 Å². The highest BCUT2D eigenvalue weighted by atomic mass is 35.6.